The van der Waals surface area contributed by atoms with Gasteiger partial charge in [0, 0.05) is 4.88 Å². The van der Waals surface area contributed by atoms with Crippen LogP contribution in [0, 0.1) is 0 Å². The Morgan fingerprint density at radius 3 is 2.80 bits per heavy atom. The minimum atomic E-state index is 1.34. The summed E-state index contributed by atoms with van der Waals surface area (Å²) in [6.45, 7) is 2.23. The average molecular weight is 150 g/mol. The smallest absolute Gasteiger partial charge is 0.0299 e. The molecule has 0 amide bonds. The van der Waals surface area contributed by atoms with E-state index in [0.29, 0.717) is 0 Å². The summed E-state index contributed by atoms with van der Waals surface area (Å²) in [6, 6.07) is 4.32. The quantitative estimate of drug-likeness (QED) is 0.576. The molecule has 1 saturated carbocycles. The van der Waals surface area contributed by atoms with Crippen LogP contribution >= 0.6 is 11.3 Å². The van der Waals surface area contributed by atoms with Crippen molar-refractivity contribution in [1.82, 2.24) is 0 Å². The highest BCUT2D eigenvalue weighted by Crippen LogP contribution is 2.37. The van der Waals surface area contributed by atoms with Crippen molar-refractivity contribution in [2.45, 2.75) is 19.8 Å². The van der Waals surface area contributed by atoms with E-state index in [4.69, 9.17) is 0 Å². The molecule has 1 fully saturated rings. The van der Waals surface area contributed by atoms with Crippen LogP contribution in [0.15, 0.2) is 23.1 Å². The minimum Gasteiger partial charge on any atom is -0.144 e. The number of allylic oxidation sites excluding steroid dienone is 2. The normalized spacial score (nSPS) is 15.5. The molecule has 0 aromatic carbocycles. The molecule has 2 rings (SSSR count). The third kappa shape index (κ3) is 1.01. The van der Waals surface area contributed by atoms with Gasteiger partial charge < -0.3 is 0 Å². The zero-order valence-electron chi connectivity index (χ0n) is 6.05. The zero-order chi connectivity index (χ0) is 6.97. The molecule has 1 aliphatic rings. The molecule has 1 aromatic rings. The van der Waals surface area contributed by atoms with Crippen LogP contribution < -0.4 is 0 Å². The van der Waals surface area contributed by atoms with Gasteiger partial charge in [-0.3, -0.25) is 0 Å². The Labute approximate surface area is 65.2 Å². The summed E-state index contributed by atoms with van der Waals surface area (Å²) in [5.41, 5.74) is 3.18. The third-order valence-electron chi connectivity index (χ3n) is 1.92. The summed E-state index contributed by atoms with van der Waals surface area (Å²) in [5.74, 6) is 0. The van der Waals surface area contributed by atoms with E-state index in [1.54, 1.807) is 5.57 Å². The topological polar surface area (TPSA) is 0 Å². The standard InChI is InChI=1S/C9H10S/c1-7(8-4-5-8)9-3-2-6-10-9/h2-3,6H,4-5H2,1H3. The predicted octanol–water partition coefficient (Wildman–Crippen LogP) is 3.32. The summed E-state index contributed by atoms with van der Waals surface area (Å²) >= 11 is 1.84. The van der Waals surface area contributed by atoms with E-state index < -0.39 is 0 Å². The Morgan fingerprint density at radius 1 is 1.50 bits per heavy atom. The van der Waals surface area contributed by atoms with Crippen LogP contribution in [0.5, 0.6) is 0 Å². The van der Waals surface area contributed by atoms with Gasteiger partial charge in [0.1, 0.15) is 0 Å². The molecule has 1 aliphatic carbocycles. The molecule has 52 valence electrons. The molecule has 0 aliphatic heterocycles. The van der Waals surface area contributed by atoms with Crippen LogP contribution in [-0.4, -0.2) is 0 Å². The van der Waals surface area contributed by atoms with Crippen molar-refractivity contribution in [2.75, 3.05) is 0 Å². The Morgan fingerprint density at radius 2 is 2.30 bits per heavy atom. The second-order valence-electron chi connectivity index (χ2n) is 2.71. The van der Waals surface area contributed by atoms with E-state index in [1.165, 1.54) is 23.3 Å². The highest BCUT2D eigenvalue weighted by atomic mass is 32.1. The van der Waals surface area contributed by atoms with Crippen LogP contribution in [0.3, 0.4) is 0 Å². The maximum Gasteiger partial charge on any atom is 0.0299 e. The van der Waals surface area contributed by atoms with Crippen molar-refractivity contribution in [3.63, 3.8) is 0 Å². The van der Waals surface area contributed by atoms with Crippen LogP contribution in [-0.2, 0) is 0 Å². The second kappa shape index (κ2) is 2.24. The highest BCUT2D eigenvalue weighted by molar-refractivity contribution is 7.11. The molecular formula is C9H10S. The van der Waals surface area contributed by atoms with E-state index in [1.807, 2.05) is 11.3 Å². The Bertz CT molecular complexity index is 248. The first-order chi connectivity index (χ1) is 4.88. The molecule has 1 heterocycles. The first kappa shape index (κ1) is 6.17. The lowest BCUT2D eigenvalue weighted by atomic mass is 10.2. The van der Waals surface area contributed by atoms with Crippen molar-refractivity contribution in [2.24, 2.45) is 0 Å². The largest absolute Gasteiger partial charge is 0.144 e. The van der Waals surface area contributed by atoms with Crippen molar-refractivity contribution in [3.05, 3.63) is 28.0 Å². The molecule has 0 bridgehead atoms. The third-order valence-corrected chi connectivity index (χ3v) is 2.91. The van der Waals surface area contributed by atoms with Gasteiger partial charge >= 0.3 is 0 Å². The van der Waals surface area contributed by atoms with Gasteiger partial charge in [-0.15, -0.1) is 11.3 Å². The lowest BCUT2D eigenvalue weighted by Crippen LogP contribution is -1.67. The summed E-state index contributed by atoms with van der Waals surface area (Å²) in [7, 11) is 0. The summed E-state index contributed by atoms with van der Waals surface area (Å²) in [4.78, 5) is 1.45. The van der Waals surface area contributed by atoms with Gasteiger partial charge in [-0.1, -0.05) is 11.6 Å². The molecule has 0 radical (unpaired) electrons. The Balaban J connectivity index is 2.36. The van der Waals surface area contributed by atoms with Crippen molar-refractivity contribution in [3.8, 4) is 0 Å². The van der Waals surface area contributed by atoms with Gasteiger partial charge in [-0.2, -0.15) is 0 Å². The lowest BCUT2D eigenvalue weighted by molar-refractivity contribution is 1.50. The van der Waals surface area contributed by atoms with E-state index in [9.17, 15) is 0 Å². The average Bonchev–Trinajstić information content (AvgIpc) is 2.65. The van der Waals surface area contributed by atoms with Crippen molar-refractivity contribution >= 4 is 16.9 Å². The van der Waals surface area contributed by atoms with Crippen molar-refractivity contribution < 1.29 is 0 Å². The molecule has 1 aromatic heterocycles. The molecule has 0 nitrogen and oxygen atoms in total. The fraction of sp³-hybridized carbons (Fsp3) is 0.333. The van der Waals surface area contributed by atoms with Gasteiger partial charge in [-0.25, -0.2) is 0 Å². The molecule has 10 heavy (non-hydrogen) atoms. The second-order valence-corrected chi connectivity index (χ2v) is 3.65. The number of hydrogen-bond donors (Lipinski definition) is 0. The highest BCUT2D eigenvalue weighted by Gasteiger charge is 2.15. The molecule has 0 saturated heterocycles. The van der Waals surface area contributed by atoms with Gasteiger partial charge in [0.15, 0.2) is 0 Å². The molecule has 0 unspecified atom stereocenters. The van der Waals surface area contributed by atoms with Gasteiger partial charge in [0.25, 0.3) is 0 Å². The predicted molar refractivity (Wildman–Crippen MR) is 46.1 cm³/mol. The SMILES string of the molecule is CC(=C1CC1)c1cccs1. The number of rotatable bonds is 1. The van der Waals surface area contributed by atoms with Crippen molar-refractivity contribution in [1.29, 1.82) is 0 Å². The summed E-state index contributed by atoms with van der Waals surface area (Å²) in [6.07, 6.45) is 2.67. The van der Waals surface area contributed by atoms with E-state index in [2.05, 4.69) is 24.4 Å². The maximum atomic E-state index is 2.23. The first-order valence-electron chi connectivity index (χ1n) is 3.60. The van der Waals surface area contributed by atoms with Gasteiger partial charge in [0.05, 0.1) is 0 Å². The number of thiophene rings is 1. The monoisotopic (exact) mass is 150 g/mol. The molecule has 0 atom stereocenters. The fourth-order valence-electron chi connectivity index (χ4n) is 1.10. The molecule has 0 N–H and O–H groups in total. The van der Waals surface area contributed by atoms with Crippen LogP contribution in [0.25, 0.3) is 5.57 Å². The first-order valence-corrected chi connectivity index (χ1v) is 4.48. The Kier molecular flexibility index (Phi) is 1.38. The van der Waals surface area contributed by atoms with E-state index in [0.717, 1.165) is 0 Å². The minimum absolute atomic E-state index is 1.34. The maximum absolute atomic E-state index is 2.23. The van der Waals surface area contributed by atoms with E-state index in [-0.39, 0.29) is 0 Å². The molecular weight excluding hydrogens is 140 g/mol. The van der Waals surface area contributed by atoms with Gasteiger partial charge in [-0.05, 0) is 36.8 Å². The number of hydrogen-bond acceptors (Lipinski definition) is 1. The van der Waals surface area contributed by atoms with Crippen LogP contribution in [0.1, 0.15) is 24.6 Å². The summed E-state index contributed by atoms with van der Waals surface area (Å²) in [5, 5.41) is 2.14. The fourth-order valence-corrected chi connectivity index (χ4v) is 1.89. The Hall–Kier alpha value is -0.560. The molecule has 1 heteroatoms. The van der Waals surface area contributed by atoms with Crippen LogP contribution in [0.2, 0.25) is 0 Å². The van der Waals surface area contributed by atoms with Gasteiger partial charge in [0.2, 0.25) is 0 Å². The zero-order valence-corrected chi connectivity index (χ0v) is 6.87. The summed E-state index contributed by atoms with van der Waals surface area (Å²) < 4.78 is 0. The lowest BCUT2D eigenvalue weighted by Gasteiger charge is -1.91. The van der Waals surface area contributed by atoms with E-state index >= 15 is 0 Å². The van der Waals surface area contributed by atoms with Crippen LogP contribution in [0.4, 0.5) is 0 Å². The molecule has 0 spiro atoms.